The molecule has 1 aliphatic carbocycles. The summed E-state index contributed by atoms with van der Waals surface area (Å²) in [6, 6.07) is 0. The molecule has 0 aromatic heterocycles. The normalized spacial score (nSPS) is 19.5. The van der Waals surface area contributed by atoms with Crippen molar-refractivity contribution in [2.75, 3.05) is 20.8 Å². The second-order valence-corrected chi connectivity index (χ2v) is 2.70. The van der Waals surface area contributed by atoms with Crippen molar-refractivity contribution in [2.24, 2.45) is 11.7 Å². The van der Waals surface area contributed by atoms with Gasteiger partial charge in [0.15, 0.2) is 5.79 Å². The van der Waals surface area contributed by atoms with Crippen LogP contribution in [0.5, 0.6) is 0 Å². The van der Waals surface area contributed by atoms with Gasteiger partial charge in [-0.25, -0.2) is 0 Å². The molecule has 1 fully saturated rings. The minimum absolute atomic E-state index is 0.449. The summed E-state index contributed by atoms with van der Waals surface area (Å²) in [6.45, 7) is 0.449. The van der Waals surface area contributed by atoms with Crippen molar-refractivity contribution in [1.29, 1.82) is 0 Å². The van der Waals surface area contributed by atoms with Crippen molar-refractivity contribution in [3.8, 4) is 0 Å². The van der Waals surface area contributed by atoms with Crippen molar-refractivity contribution in [2.45, 2.75) is 18.6 Å². The molecule has 0 aromatic carbocycles. The maximum Gasteiger partial charge on any atom is 0.182 e. The maximum absolute atomic E-state index is 5.52. The standard InChI is InChI=1S/C7H15NO2/c1-9-7(5-8,10-2)6-3-4-6/h6H,3-5,8H2,1-2H3. The van der Waals surface area contributed by atoms with Gasteiger partial charge in [0.2, 0.25) is 0 Å². The van der Waals surface area contributed by atoms with Gasteiger partial charge in [0, 0.05) is 26.7 Å². The van der Waals surface area contributed by atoms with Crippen LogP contribution in [0.2, 0.25) is 0 Å². The van der Waals surface area contributed by atoms with Crippen LogP contribution in [0.4, 0.5) is 0 Å². The van der Waals surface area contributed by atoms with Gasteiger partial charge >= 0.3 is 0 Å². The Morgan fingerprint density at radius 3 is 2.00 bits per heavy atom. The lowest BCUT2D eigenvalue weighted by Crippen LogP contribution is -2.43. The third-order valence-corrected chi connectivity index (χ3v) is 2.17. The molecule has 1 saturated carbocycles. The van der Waals surface area contributed by atoms with Crippen LogP contribution in [0.3, 0.4) is 0 Å². The highest BCUT2D eigenvalue weighted by atomic mass is 16.7. The summed E-state index contributed by atoms with van der Waals surface area (Å²) in [5, 5.41) is 0. The monoisotopic (exact) mass is 145 g/mol. The Balaban J connectivity index is 2.52. The summed E-state index contributed by atoms with van der Waals surface area (Å²) in [5.74, 6) is 0.0347. The van der Waals surface area contributed by atoms with E-state index in [0.717, 1.165) is 0 Å². The maximum atomic E-state index is 5.52. The summed E-state index contributed by atoms with van der Waals surface area (Å²) >= 11 is 0. The summed E-state index contributed by atoms with van der Waals surface area (Å²) in [5.41, 5.74) is 5.52. The predicted molar refractivity (Wildman–Crippen MR) is 38.5 cm³/mol. The fourth-order valence-corrected chi connectivity index (χ4v) is 1.27. The van der Waals surface area contributed by atoms with Crippen molar-refractivity contribution in [1.82, 2.24) is 0 Å². The van der Waals surface area contributed by atoms with Crippen LogP contribution in [0.15, 0.2) is 0 Å². The molecule has 0 saturated heterocycles. The molecule has 60 valence electrons. The summed E-state index contributed by atoms with van der Waals surface area (Å²) in [7, 11) is 3.30. The number of rotatable bonds is 4. The van der Waals surface area contributed by atoms with Gasteiger partial charge in [0.25, 0.3) is 0 Å². The molecule has 0 aliphatic heterocycles. The molecule has 10 heavy (non-hydrogen) atoms. The average molecular weight is 145 g/mol. The molecule has 3 nitrogen and oxygen atoms in total. The summed E-state index contributed by atoms with van der Waals surface area (Å²) < 4.78 is 10.4. The minimum atomic E-state index is -0.486. The van der Waals surface area contributed by atoms with Gasteiger partial charge in [-0.15, -0.1) is 0 Å². The van der Waals surface area contributed by atoms with Gasteiger partial charge in [-0.2, -0.15) is 0 Å². The fraction of sp³-hybridized carbons (Fsp3) is 1.00. The molecule has 2 N–H and O–H groups in total. The zero-order valence-electron chi connectivity index (χ0n) is 6.59. The largest absolute Gasteiger partial charge is 0.352 e. The van der Waals surface area contributed by atoms with Crippen molar-refractivity contribution < 1.29 is 9.47 Å². The average Bonchev–Trinajstić information content (AvgIpc) is 2.77. The predicted octanol–water partition coefficient (Wildman–Crippen LogP) is 0.344. The SMILES string of the molecule is COC(CN)(OC)C1CC1. The molecule has 0 radical (unpaired) electrons. The lowest BCUT2D eigenvalue weighted by atomic mass is 10.2. The number of hydrogen-bond donors (Lipinski definition) is 1. The fourth-order valence-electron chi connectivity index (χ4n) is 1.27. The second-order valence-electron chi connectivity index (χ2n) is 2.70. The molecular weight excluding hydrogens is 130 g/mol. The third-order valence-electron chi connectivity index (χ3n) is 2.17. The van der Waals surface area contributed by atoms with E-state index in [1.807, 2.05) is 0 Å². The van der Waals surface area contributed by atoms with Crippen molar-refractivity contribution in [3.63, 3.8) is 0 Å². The Morgan fingerprint density at radius 1 is 1.40 bits per heavy atom. The van der Waals surface area contributed by atoms with Gasteiger partial charge in [-0.3, -0.25) is 0 Å². The smallest absolute Gasteiger partial charge is 0.182 e. The summed E-state index contributed by atoms with van der Waals surface area (Å²) in [4.78, 5) is 0. The molecule has 0 spiro atoms. The molecule has 0 unspecified atom stereocenters. The van der Waals surface area contributed by atoms with Crippen LogP contribution >= 0.6 is 0 Å². The number of hydrogen-bond acceptors (Lipinski definition) is 3. The number of methoxy groups -OCH3 is 2. The highest BCUT2D eigenvalue weighted by Gasteiger charge is 2.45. The highest BCUT2D eigenvalue weighted by molar-refractivity contribution is 4.89. The van der Waals surface area contributed by atoms with Gasteiger partial charge in [0.05, 0.1) is 0 Å². The van der Waals surface area contributed by atoms with Crippen LogP contribution in [-0.4, -0.2) is 26.6 Å². The van der Waals surface area contributed by atoms with E-state index in [0.29, 0.717) is 12.5 Å². The van der Waals surface area contributed by atoms with E-state index >= 15 is 0 Å². The highest BCUT2D eigenvalue weighted by Crippen LogP contribution is 2.41. The third kappa shape index (κ3) is 1.17. The molecule has 0 amide bonds. The molecular formula is C7H15NO2. The van der Waals surface area contributed by atoms with Crippen LogP contribution in [-0.2, 0) is 9.47 Å². The first-order chi connectivity index (χ1) is 4.79. The van der Waals surface area contributed by atoms with Crippen LogP contribution in [0, 0.1) is 5.92 Å². The van der Waals surface area contributed by atoms with E-state index < -0.39 is 5.79 Å². The Morgan fingerprint density at radius 2 is 1.90 bits per heavy atom. The van der Waals surface area contributed by atoms with Gasteiger partial charge in [-0.1, -0.05) is 0 Å². The van der Waals surface area contributed by atoms with Crippen LogP contribution in [0.25, 0.3) is 0 Å². The molecule has 0 bridgehead atoms. The minimum Gasteiger partial charge on any atom is -0.352 e. The zero-order valence-corrected chi connectivity index (χ0v) is 6.59. The van der Waals surface area contributed by atoms with E-state index in [-0.39, 0.29) is 0 Å². The molecule has 0 aromatic rings. The van der Waals surface area contributed by atoms with E-state index in [2.05, 4.69) is 0 Å². The Bertz CT molecular complexity index is 99.9. The Labute approximate surface area is 61.5 Å². The Kier molecular flexibility index (Phi) is 2.28. The van der Waals surface area contributed by atoms with Crippen molar-refractivity contribution in [3.05, 3.63) is 0 Å². The second kappa shape index (κ2) is 2.86. The van der Waals surface area contributed by atoms with Crippen LogP contribution < -0.4 is 5.73 Å². The quantitative estimate of drug-likeness (QED) is 0.580. The van der Waals surface area contributed by atoms with E-state index in [9.17, 15) is 0 Å². The lowest BCUT2D eigenvalue weighted by molar-refractivity contribution is -0.212. The first-order valence-electron chi connectivity index (χ1n) is 3.59. The Hall–Kier alpha value is -0.120. The first-order valence-corrected chi connectivity index (χ1v) is 3.59. The van der Waals surface area contributed by atoms with Crippen LogP contribution in [0.1, 0.15) is 12.8 Å². The first kappa shape index (κ1) is 7.98. The van der Waals surface area contributed by atoms with Gasteiger partial charge < -0.3 is 15.2 Å². The number of ether oxygens (including phenoxy) is 2. The topological polar surface area (TPSA) is 44.5 Å². The van der Waals surface area contributed by atoms with E-state index in [1.54, 1.807) is 14.2 Å². The van der Waals surface area contributed by atoms with E-state index in [4.69, 9.17) is 15.2 Å². The molecule has 1 aliphatic rings. The molecule has 0 atom stereocenters. The zero-order chi connectivity index (χ0) is 7.61. The van der Waals surface area contributed by atoms with Gasteiger partial charge in [0.1, 0.15) is 0 Å². The number of nitrogens with two attached hydrogens (primary N) is 1. The molecule has 1 rings (SSSR count). The summed E-state index contributed by atoms with van der Waals surface area (Å²) in [6.07, 6.45) is 2.36. The lowest BCUT2D eigenvalue weighted by Gasteiger charge is -2.29. The molecule has 3 heteroatoms. The van der Waals surface area contributed by atoms with Gasteiger partial charge in [-0.05, 0) is 12.8 Å². The van der Waals surface area contributed by atoms with Crippen molar-refractivity contribution >= 4 is 0 Å². The molecule has 0 heterocycles. The van der Waals surface area contributed by atoms with E-state index in [1.165, 1.54) is 12.8 Å².